The summed E-state index contributed by atoms with van der Waals surface area (Å²) in [7, 11) is 0. The molecule has 1 aliphatic heterocycles. The summed E-state index contributed by atoms with van der Waals surface area (Å²) in [6, 6.07) is 7.19. The number of hydrogen-bond acceptors (Lipinski definition) is 3. The van der Waals surface area contributed by atoms with Gasteiger partial charge in [-0.05, 0) is 57.5 Å². The van der Waals surface area contributed by atoms with Crippen LogP contribution in [0.1, 0.15) is 44.0 Å². The van der Waals surface area contributed by atoms with Crippen LogP contribution < -0.4 is 16.0 Å². The number of urea groups is 1. The van der Waals surface area contributed by atoms with Crippen molar-refractivity contribution in [2.45, 2.75) is 45.7 Å². The fraction of sp³-hybridized carbons (Fsp3) is 0.556. The van der Waals surface area contributed by atoms with Gasteiger partial charge in [-0.25, -0.2) is 4.79 Å². The van der Waals surface area contributed by atoms with Gasteiger partial charge in [0.25, 0.3) is 5.91 Å². The molecule has 1 fully saturated rings. The zero-order valence-corrected chi connectivity index (χ0v) is 14.8. The summed E-state index contributed by atoms with van der Waals surface area (Å²) in [5.74, 6) is 0.0590. The van der Waals surface area contributed by atoms with Gasteiger partial charge in [0.2, 0.25) is 0 Å². The van der Waals surface area contributed by atoms with E-state index in [1.54, 1.807) is 24.3 Å². The zero-order chi connectivity index (χ0) is 17.5. The van der Waals surface area contributed by atoms with E-state index in [-0.39, 0.29) is 24.0 Å². The van der Waals surface area contributed by atoms with E-state index in [2.05, 4.69) is 22.9 Å². The Bertz CT molecular complexity index is 551. The average Bonchev–Trinajstić information content (AvgIpc) is 3.06. The van der Waals surface area contributed by atoms with Crippen molar-refractivity contribution in [3.8, 4) is 0 Å². The molecule has 132 valence electrons. The second-order valence-corrected chi connectivity index (χ2v) is 6.48. The van der Waals surface area contributed by atoms with E-state index < -0.39 is 0 Å². The summed E-state index contributed by atoms with van der Waals surface area (Å²) in [6.45, 7) is 8.49. The molecule has 0 bridgehead atoms. The maximum atomic E-state index is 12.8. The molecule has 1 aliphatic rings. The fourth-order valence-corrected chi connectivity index (χ4v) is 2.89. The first-order chi connectivity index (χ1) is 11.5. The average molecular weight is 332 g/mol. The van der Waals surface area contributed by atoms with E-state index in [1.807, 2.05) is 18.7 Å². The predicted molar refractivity (Wildman–Crippen MR) is 96.3 cm³/mol. The third kappa shape index (κ3) is 4.96. The summed E-state index contributed by atoms with van der Waals surface area (Å²) in [6.07, 6.45) is 1.94. The van der Waals surface area contributed by atoms with E-state index in [9.17, 15) is 9.59 Å². The quantitative estimate of drug-likeness (QED) is 0.749. The highest BCUT2D eigenvalue weighted by Gasteiger charge is 2.26. The van der Waals surface area contributed by atoms with E-state index in [1.165, 1.54) is 0 Å². The summed E-state index contributed by atoms with van der Waals surface area (Å²) in [5, 5.41) is 8.85. The van der Waals surface area contributed by atoms with Gasteiger partial charge in [0, 0.05) is 36.4 Å². The lowest BCUT2D eigenvalue weighted by atomic mass is 10.1. The molecule has 1 unspecified atom stereocenters. The lowest BCUT2D eigenvalue weighted by molar-refractivity contribution is 0.0692. The van der Waals surface area contributed by atoms with Crippen LogP contribution in [0.3, 0.4) is 0 Å². The molecule has 0 spiro atoms. The lowest BCUT2D eigenvalue weighted by Crippen LogP contribution is -2.42. The minimum Gasteiger partial charge on any atom is -0.336 e. The molecule has 1 heterocycles. The molecule has 24 heavy (non-hydrogen) atoms. The van der Waals surface area contributed by atoms with Crippen LogP contribution in [0.2, 0.25) is 0 Å². The molecule has 1 saturated heterocycles. The Balaban J connectivity index is 2.02. The van der Waals surface area contributed by atoms with Crippen molar-refractivity contribution >= 4 is 17.6 Å². The van der Waals surface area contributed by atoms with Crippen molar-refractivity contribution in [1.82, 2.24) is 15.5 Å². The van der Waals surface area contributed by atoms with E-state index in [4.69, 9.17) is 0 Å². The Morgan fingerprint density at radius 1 is 1.29 bits per heavy atom. The predicted octanol–water partition coefficient (Wildman–Crippen LogP) is 2.43. The molecule has 0 saturated carbocycles. The number of nitrogens with one attached hydrogen (secondary N) is 3. The van der Waals surface area contributed by atoms with Crippen LogP contribution in [-0.4, -0.2) is 48.6 Å². The van der Waals surface area contributed by atoms with Crippen LogP contribution in [0, 0.1) is 0 Å². The molecular weight excluding hydrogens is 304 g/mol. The fourth-order valence-electron chi connectivity index (χ4n) is 2.89. The van der Waals surface area contributed by atoms with Gasteiger partial charge < -0.3 is 20.9 Å². The zero-order valence-electron chi connectivity index (χ0n) is 14.8. The molecule has 6 heteroatoms. The smallest absolute Gasteiger partial charge is 0.319 e. The maximum absolute atomic E-state index is 12.8. The Hall–Kier alpha value is -2.08. The Morgan fingerprint density at radius 2 is 2.00 bits per heavy atom. The van der Waals surface area contributed by atoms with Crippen LogP contribution in [0.4, 0.5) is 10.5 Å². The van der Waals surface area contributed by atoms with Gasteiger partial charge in [-0.3, -0.25) is 4.79 Å². The number of carbonyl (C=O) groups is 2. The van der Waals surface area contributed by atoms with Crippen LogP contribution in [0.5, 0.6) is 0 Å². The van der Waals surface area contributed by atoms with Crippen molar-refractivity contribution in [2.24, 2.45) is 0 Å². The second-order valence-electron chi connectivity index (χ2n) is 6.48. The van der Waals surface area contributed by atoms with E-state index >= 15 is 0 Å². The van der Waals surface area contributed by atoms with Crippen molar-refractivity contribution in [3.05, 3.63) is 29.8 Å². The third-order valence-corrected chi connectivity index (χ3v) is 4.01. The van der Waals surface area contributed by atoms with Crippen molar-refractivity contribution < 1.29 is 9.59 Å². The third-order valence-electron chi connectivity index (χ3n) is 4.01. The highest BCUT2D eigenvalue weighted by atomic mass is 16.2. The van der Waals surface area contributed by atoms with Gasteiger partial charge >= 0.3 is 6.03 Å². The summed E-state index contributed by atoms with van der Waals surface area (Å²) in [4.78, 5) is 26.5. The molecular formula is C18H28N4O2. The normalized spacial score (nSPS) is 16.9. The lowest BCUT2D eigenvalue weighted by Gasteiger charge is -2.28. The van der Waals surface area contributed by atoms with E-state index in [0.29, 0.717) is 11.3 Å². The number of nitrogens with zero attached hydrogens (tertiary/aromatic N) is 1. The molecule has 1 aromatic carbocycles. The highest BCUT2D eigenvalue weighted by molar-refractivity contribution is 5.95. The molecule has 2 rings (SSSR count). The summed E-state index contributed by atoms with van der Waals surface area (Å²) in [5.41, 5.74) is 1.33. The number of amides is 3. The van der Waals surface area contributed by atoms with Gasteiger partial charge in [-0.15, -0.1) is 0 Å². The molecule has 0 radical (unpaired) electrons. The number of rotatable bonds is 6. The van der Waals surface area contributed by atoms with Gasteiger partial charge in [0.1, 0.15) is 0 Å². The van der Waals surface area contributed by atoms with Crippen molar-refractivity contribution in [2.75, 3.05) is 25.0 Å². The molecule has 1 aromatic rings. The Kier molecular flexibility index (Phi) is 6.61. The van der Waals surface area contributed by atoms with Gasteiger partial charge in [-0.1, -0.05) is 6.92 Å². The topological polar surface area (TPSA) is 73.5 Å². The first-order valence-electron chi connectivity index (χ1n) is 8.70. The second kappa shape index (κ2) is 8.68. The van der Waals surface area contributed by atoms with Crippen LogP contribution in [-0.2, 0) is 0 Å². The maximum Gasteiger partial charge on any atom is 0.319 e. The minimum absolute atomic E-state index is 0.0590. The van der Waals surface area contributed by atoms with Crippen LogP contribution in [0.25, 0.3) is 0 Å². The first-order valence-corrected chi connectivity index (χ1v) is 8.70. The molecule has 0 aliphatic carbocycles. The Morgan fingerprint density at radius 3 is 2.54 bits per heavy atom. The molecule has 1 atom stereocenters. The van der Waals surface area contributed by atoms with E-state index in [0.717, 1.165) is 32.5 Å². The SMILES string of the molecule is CCCN(C(=O)c1ccc(NC(=O)NC(C)C)cc1)C1CCNC1. The number of benzene rings is 1. The van der Waals surface area contributed by atoms with Crippen LogP contribution >= 0.6 is 0 Å². The van der Waals surface area contributed by atoms with Gasteiger partial charge in [0.05, 0.1) is 0 Å². The molecule has 3 amide bonds. The number of carbonyl (C=O) groups excluding carboxylic acids is 2. The Labute approximate surface area is 144 Å². The number of hydrogen-bond donors (Lipinski definition) is 3. The van der Waals surface area contributed by atoms with Crippen molar-refractivity contribution in [3.63, 3.8) is 0 Å². The van der Waals surface area contributed by atoms with Crippen LogP contribution in [0.15, 0.2) is 24.3 Å². The molecule has 3 N–H and O–H groups in total. The summed E-state index contributed by atoms with van der Waals surface area (Å²) < 4.78 is 0. The number of anilines is 1. The first kappa shape index (κ1) is 18.3. The molecule has 6 nitrogen and oxygen atoms in total. The highest BCUT2D eigenvalue weighted by Crippen LogP contribution is 2.16. The summed E-state index contributed by atoms with van der Waals surface area (Å²) >= 11 is 0. The van der Waals surface area contributed by atoms with Gasteiger partial charge in [0.15, 0.2) is 0 Å². The van der Waals surface area contributed by atoms with Gasteiger partial charge in [-0.2, -0.15) is 0 Å². The standard InChI is InChI=1S/C18H28N4O2/c1-4-11-22(16-9-10-19-12-16)17(23)14-5-7-15(8-6-14)21-18(24)20-13(2)3/h5-8,13,16,19H,4,9-12H2,1-3H3,(H2,20,21,24). The van der Waals surface area contributed by atoms with Crippen molar-refractivity contribution in [1.29, 1.82) is 0 Å². The monoisotopic (exact) mass is 332 g/mol. The minimum atomic E-state index is -0.242. The largest absolute Gasteiger partial charge is 0.336 e. The molecule has 0 aromatic heterocycles.